The van der Waals surface area contributed by atoms with Crippen LogP contribution in [0, 0.1) is 18.6 Å². The number of nitrogens with two attached hydrogens (primary N) is 1. The molecule has 0 bridgehead atoms. The lowest BCUT2D eigenvalue weighted by Gasteiger charge is -2.02. The molecule has 1 aromatic carbocycles. The van der Waals surface area contributed by atoms with Gasteiger partial charge in [-0.05, 0) is 25.1 Å². The van der Waals surface area contributed by atoms with Gasteiger partial charge >= 0.3 is 0 Å². The summed E-state index contributed by atoms with van der Waals surface area (Å²) < 4.78 is 26.9. The van der Waals surface area contributed by atoms with Gasteiger partial charge in [-0.3, -0.25) is 0 Å². The van der Waals surface area contributed by atoms with E-state index in [4.69, 9.17) is 5.73 Å². The second kappa shape index (κ2) is 4.01. The number of aryl methyl sites for hydroxylation is 1. The van der Waals surface area contributed by atoms with Gasteiger partial charge in [0.1, 0.15) is 17.5 Å². The van der Waals surface area contributed by atoms with Gasteiger partial charge in [-0.1, -0.05) is 0 Å². The smallest absolute Gasteiger partial charge is 0.178 e. The number of aromatic amines is 1. The number of hydrogen-bond donors (Lipinski definition) is 2. The number of halogens is 2. The van der Waals surface area contributed by atoms with Crippen LogP contribution in [0.4, 0.5) is 14.5 Å². The zero-order chi connectivity index (χ0) is 13.6. The van der Waals surface area contributed by atoms with Crippen molar-refractivity contribution in [3.8, 4) is 11.4 Å². The highest BCUT2D eigenvalue weighted by Gasteiger charge is 2.13. The molecule has 3 rings (SSSR count). The summed E-state index contributed by atoms with van der Waals surface area (Å²) in [5.41, 5.74) is 7.42. The molecule has 0 aliphatic heterocycles. The Bertz CT molecular complexity index is 780. The summed E-state index contributed by atoms with van der Waals surface area (Å²) in [5.74, 6) is -1.23. The summed E-state index contributed by atoms with van der Waals surface area (Å²) in [6, 6.07) is 5.59. The summed E-state index contributed by atoms with van der Waals surface area (Å²) >= 11 is 0. The van der Waals surface area contributed by atoms with Crippen molar-refractivity contribution in [1.82, 2.24) is 15.0 Å². The molecular weight excluding hydrogens is 250 g/mol. The number of pyridine rings is 1. The van der Waals surface area contributed by atoms with Gasteiger partial charge in [0.15, 0.2) is 5.65 Å². The fourth-order valence-electron chi connectivity index (χ4n) is 1.86. The fourth-order valence-corrected chi connectivity index (χ4v) is 1.86. The van der Waals surface area contributed by atoms with Crippen LogP contribution in [0.3, 0.4) is 0 Å². The van der Waals surface area contributed by atoms with Gasteiger partial charge in [0.25, 0.3) is 0 Å². The summed E-state index contributed by atoms with van der Waals surface area (Å²) in [6.45, 7) is 1.84. The highest BCUT2D eigenvalue weighted by atomic mass is 19.1. The molecular formula is C13H10F2N4. The molecule has 3 N–H and O–H groups in total. The maximum absolute atomic E-state index is 13.7. The van der Waals surface area contributed by atoms with Crippen LogP contribution < -0.4 is 5.73 Å². The maximum atomic E-state index is 13.7. The Morgan fingerprint density at radius 2 is 1.89 bits per heavy atom. The Labute approximate surface area is 107 Å². The largest absolute Gasteiger partial charge is 0.396 e. The van der Waals surface area contributed by atoms with Crippen molar-refractivity contribution in [3.63, 3.8) is 0 Å². The minimum absolute atomic E-state index is 0.120. The van der Waals surface area contributed by atoms with Crippen LogP contribution in [-0.4, -0.2) is 15.0 Å². The number of nitrogens with zero attached hydrogens (tertiary/aromatic N) is 2. The quantitative estimate of drug-likeness (QED) is 0.661. The van der Waals surface area contributed by atoms with Crippen LogP contribution >= 0.6 is 0 Å². The summed E-state index contributed by atoms with van der Waals surface area (Å²) in [7, 11) is 0. The zero-order valence-corrected chi connectivity index (χ0v) is 10.0. The number of nitrogen functional groups attached to an aromatic ring is 1. The monoisotopic (exact) mass is 260 g/mol. The van der Waals surface area contributed by atoms with Crippen LogP contribution in [0.2, 0.25) is 0 Å². The molecule has 0 saturated heterocycles. The average molecular weight is 260 g/mol. The lowest BCUT2D eigenvalue weighted by Crippen LogP contribution is -1.95. The van der Waals surface area contributed by atoms with Gasteiger partial charge in [0.2, 0.25) is 0 Å². The number of aromatic nitrogens is 3. The van der Waals surface area contributed by atoms with E-state index in [0.29, 0.717) is 11.2 Å². The SMILES string of the molecule is Cc1ccc2[nH]c(-c3cc(N)c(F)cc3F)nc2n1. The zero-order valence-electron chi connectivity index (χ0n) is 10.0. The number of imidazole rings is 1. The van der Waals surface area contributed by atoms with Crippen molar-refractivity contribution < 1.29 is 8.78 Å². The van der Waals surface area contributed by atoms with Crippen LogP contribution in [0.25, 0.3) is 22.6 Å². The standard InChI is InChI=1S/C13H10F2N4/c1-6-2-3-11-13(17-6)19-12(18-11)7-4-10(16)9(15)5-8(7)14/h2-5H,16H2,1H3,(H,17,18,19). The van der Waals surface area contributed by atoms with Crippen LogP contribution in [0.15, 0.2) is 24.3 Å². The second-order valence-electron chi connectivity index (χ2n) is 4.26. The van der Waals surface area contributed by atoms with E-state index in [9.17, 15) is 8.78 Å². The molecule has 3 aromatic rings. The number of fused-ring (bicyclic) bond motifs is 1. The molecule has 4 nitrogen and oxygen atoms in total. The van der Waals surface area contributed by atoms with Crippen molar-refractivity contribution in [2.45, 2.75) is 6.92 Å². The van der Waals surface area contributed by atoms with Crippen LogP contribution in [-0.2, 0) is 0 Å². The van der Waals surface area contributed by atoms with E-state index >= 15 is 0 Å². The number of nitrogens with one attached hydrogen (secondary N) is 1. The molecule has 0 aliphatic rings. The molecule has 6 heteroatoms. The molecule has 0 radical (unpaired) electrons. The molecule has 0 atom stereocenters. The first-order valence-corrected chi connectivity index (χ1v) is 5.63. The predicted octanol–water partition coefficient (Wildman–Crippen LogP) is 2.79. The van der Waals surface area contributed by atoms with Gasteiger partial charge in [-0.2, -0.15) is 0 Å². The van der Waals surface area contributed by atoms with Gasteiger partial charge in [0, 0.05) is 11.8 Å². The maximum Gasteiger partial charge on any atom is 0.178 e. The van der Waals surface area contributed by atoms with E-state index < -0.39 is 11.6 Å². The van der Waals surface area contributed by atoms with Gasteiger partial charge in [0.05, 0.1) is 16.8 Å². The molecule has 0 fully saturated rings. The fraction of sp³-hybridized carbons (Fsp3) is 0.0769. The van der Waals surface area contributed by atoms with Gasteiger partial charge in [-0.15, -0.1) is 0 Å². The van der Waals surface area contributed by atoms with E-state index in [0.717, 1.165) is 11.8 Å². The minimum atomic E-state index is -0.786. The lowest BCUT2D eigenvalue weighted by molar-refractivity contribution is 0.588. The number of benzene rings is 1. The molecule has 0 spiro atoms. The van der Waals surface area contributed by atoms with Crippen molar-refractivity contribution in [2.24, 2.45) is 0 Å². The number of hydrogen-bond acceptors (Lipinski definition) is 3. The van der Waals surface area contributed by atoms with Crippen molar-refractivity contribution >= 4 is 16.9 Å². The summed E-state index contributed by atoms with van der Waals surface area (Å²) in [5, 5.41) is 0. The van der Waals surface area contributed by atoms with Crippen molar-refractivity contribution in [3.05, 3.63) is 41.6 Å². The van der Waals surface area contributed by atoms with Crippen LogP contribution in [0.1, 0.15) is 5.69 Å². The number of anilines is 1. The third-order valence-corrected chi connectivity index (χ3v) is 2.83. The Kier molecular flexibility index (Phi) is 2.45. The number of H-pyrrole nitrogens is 1. The second-order valence-corrected chi connectivity index (χ2v) is 4.26. The Morgan fingerprint density at radius 3 is 2.68 bits per heavy atom. The first-order valence-electron chi connectivity index (χ1n) is 5.63. The highest BCUT2D eigenvalue weighted by Crippen LogP contribution is 2.26. The van der Waals surface area contributed by atoms with E-state index in [-0.39, 0.29) is 17.1 Å². The van der Waals surface area contributed by atoms with Gasteiger partial charge in [-0.25, -0.2) is 18.7 Å². The third-order valence-electron chi connectivity index (χ3n) is 2.83. The lowest BCUT2D eigenvalue weighted by atomic mass is 10.1. The predicted molar refractivity (Wildman–Crippen MR) is 68.4 cm³/mol. The third kappa shape index (κ3) is 1.91. The van der Waals surface area contributed by atoms with E-state index in [2.05, 4.69) is 15.0 Å². The topological polar surface area (TPSA) is 67.6 Å². The molecule has 96 valence electrons. The van der Waals surface area contributed by atoms with E-state index in [1.807, 2.05) is 13.0 Å². The first-order chi connectivity index (χ1) is 9.04. The van der Waals surface area contributed by atoms with Gasteiger partial charge < -0.3 is 10.7 Å². The van der Waals surface area contributed by atoms with Crippen LogP contribution in [0.5, 0.6) is 0 Å². The van der Waals surface area contributed by atoms with E-state index in [1.165, 1.54) is 6.07 Å². The minimum Gasteiger partial charge on any atom is -0.396 e. The molecule has 19 heavy (non-hydrogen) atoms. The molecule has 0 unspecified atom stereocenters. The van der Waals surface area contributed by atoms with Crippen molar-refractivity contribution in [1.29, 1.82) is 0 Å². The normalized spacial score (nSPS) is 11.1. The molecule has 0 amide bonds. The Morgan fingerprint density at radius 1 is 1.11 bits per heavy atom. The molecule has 0 aliphatic carbocycles. The molecule has 2 aromatic heterocycles. The molecule has 0 saturated carbocycles. The summed E-state index contributed by atoms with van der Waals surface area (Å²) in [6.07, 6.45) is 0. The Balaban J connectivity index is 2.21. The first kappa shape index (κ1) is 11.6. The van der Waals surface area contributed by atoms with Crippen molar-refractivity contribution in [2.75, 3.05) is 5.73 Å². The Hall–Kier alpha value is -2.50. The summed E-state index contributed by atoms with van der Waals surface area (Å²) in [4.78, 5) is 11.3. The number of rotatable bonds is 1. The average Bonchev–Trinajstić information content (AvgIpc) is 2.76. The molecule has 2 heterocycles. The van der Waals surface area contributed by atoms with E-state index in [1.54, 1.807) is 6.07 Å². The highest BCUT2D eigenvalue weighted by molar-refractivity contribution is 5.76.